The molecular formula is C11H20N2O2. The van der Waals surface area contributed by atoms with Gasteiger partial charge in [-0.25, -0.2) is 0 Å². The SMILES string of the molecule is COC1CC(NC(=O)CC2(N)CCC2)C1. The third-order valence-electron chi connectivity index (χ3n) is 3.66. The molecule has 0 unspecified atom stereocenters. The van der Waals surface area contributed by atoms with Crippen molar-refractivity contribution in [3.63, 3.8) is 0 Å². The van der Waals surface area contributed by atoms with E-state index in [0.717, 1.165) is 25.7 Å². The van der Waals surface area contributed by atoms with Gasteiger partial charge in [0.1, 0.15) is 0 Å². The number of methoxy groups -OCH3 is 1. The Balaban J connectivity index is 1.65. The maximum Gasteiger partial charge on any atom is 0.222 e. The summed E-state index contributed by atoms with van der Waals surface area (Å²) in [5, 5.41) is 3.01. The molecule has 0 aromatic carbocycles. The van der Waals surface area contributed by atoms with Gasteiger partial charge in [0.2, 0.25) is 5.91 Å². The molecule has 0 spiro atoms. The molecule has 1 amide bonds. The zero-order valence-corrected chi connectivity index (χ0v) is 9.29. The molecule has 2 saturated carbocycles. The van der Waals surface area contributed by atoms with Crippen LogP contribution in [0.25, 0.3) is 0 Å². The standard InChI is InChI=1S/C11H20N2O2/c1-15-9-5-8(6-9)13-10(14)7-11(12)3-2-4-11/h8-9H,2-7,12H2,1H3,(H,13,14). The summed E-state index contributed by atoms with van der Waals surface area (Å²) in [6, 6.07) is 0.311. The van der Waals surface area contributed by atoms with Gasteiger partial charge >= 0.3 is 0 Å². The molecule has 3 N–H and O–H groups in total. The summed E-state index contributed by atoms with van der Waals surface area (Å²) in [7, 11) is 1.71. The minimum absolute atomic E-state index is 0.108. The van der Waals surface area contributed by atoms with Crippen molar-refractivity contribution in [2.24, 2.45) is 5.73 Å². The van der Waals surface area contributed by atoms with E-state index in [1.807, 2.05) is 0 Å². The van der Waals surface area contributed by atoms with E-state index < -0.39 is 0 Å². The first-order valence-corrected chi connectivity index (χ1v) is 5.72. The molecule has 4 nitrogen and oxygen atoms in total. The van der Waals surface area contributed by atoms with Gasteiger partial charge in [0, 0.05) is 25.1 Å². The average molecular weight is 212 g/mol. The van der Waals surface area contributed by atoms with Crippen LogP contribution < -0.4 is 11.1 Å². The van der Waals surface area contributed by atoms with Gasteiger partial charge in [-0.05, 0) is 32.1 Å². The highest BCUT2D eigenvalue weighted by molar-refractivity contribution is 5.77. The number of carbonyl (C=O) groups excluding carboxylic acids is 1. The molecule has 0 aromatic rings. The molecule has 0 heterocycles. The van der Waals surface area contributed by atoms with Gasteiger partial charge in [0.15, 0.2) is 0 Å². The highest BCUT2D eigenvalue weighted by Gasteiger charge is 2.36. The van der Waals surface area contributed by atoms with Crippen molar-refractivity contribution >= 4 is 5.91 Å². The van der Waals surface area contributed by atoms with Gasteiger partial charge in [-0.3, -0.25) is 4.79 Å². The average Bonchev–Trinajstić information content (AvgIpc) is 2.08. The number of amides is 1. The zero-order chi connectivity index (χ0) is 10.9. The van der Waals surface area contributed by atoms with Gasteiger partial charge in [-0.2, -0.15) is 0 Å². The molecule has 0 aliphatic heterocycles. The second-order valence-corrected chi connectivity index (χ2v) is 4.99. The van der Waals surface area contributed by atoms with Crippen LogP contribution in [0, 0.1) is 0 Å². The second-order valence-electron chi connectivity index (χ2n) is 4.99. The molecule has 0 aromatic heterocycles. The lowest BCUT2D eigenvalue weighted by Gasteiger charge is -2.39. The first-order chi connectivity index (χ1) is 7.11. The fraction of sp³-hybridized carbons (Fsp3) is 0.909. The quantitative estimate of drug-likeness (QED) is 0.715. The monoisotopic (exact) mass is 212 g/mol. The molecule has 2 aliphatic carbocycles. The predicted molar refractivity (Wildman–Crippen MR) is 57.3 cm³/mol. The van der Waals surface area contributed by atoms with Crippen LogP contribution in [-0.4, -0.2) is 30.7 Å². The summed E-state index contributed by atoms with van der Waals surface area (Å²) in [5.74, 6) is 0.108. The first-order valence-electron chi connectivity index (χ1n) is 5.72. The van der Waals surface area contributed by atoms with Crippen molar-refractivity contribution < 1.29 is 9.53 Å². The smallest absolute Gasteiger partial charge is 0.222 e. The van der Waals surface area contributed by atoms with Crippen LogP contribution >= 0.6 is 0 Å². The molecule has 2 rings (SSSR count). The van der Waals surface area contributed by atoms with Gasteiger partial charge < -0.3 is 15.8 Å². The molecule has 2 fully saturated rings. The van der Waals surface area contributed by atoms with Crippen molar-refractivity contribution in [1.29, 1.82) is 0 Å². The molecule has 2 aliphatic rings. The van der Waals surface area contributed by atoms with Crippen LogP contribution in [-0.2, 0) is 9.53 Å². The van der Waals surface area contributed by atoms with E-state index in [1.165, 1.54) is 6.42 Å². The van der Waals surface area contributed by atoms with Crippen LogP contribution in [0.15, 0.2) is 0 Å². The summed E-state index contributed by atoms with van der Waals surface area (Å²) in [4.78, 5) is 11.6. The Morgan fingerprint density at radius 1 is 1.53 bits per heavy atom. The number of rotatable bonds is 4. The predicted octanol–water partition coefficient (Wildman–Crippen LogP) is 0.551. The van der Waals surface area contributed by atoms with Crippen LogP contribution in [0.5, 0.6) is 0 Å². The minimum Gasteiger partial charge on any atom is -0.381 e. The Kier molecular flexibility index (Phi) is 2.98. The molecule has 0 saturated heterocycles. The molecule has 4 heteroatoms. The summed E-state index contributed by atoms with van der Waals surface area (Å²) in [5.41, 5.74) is 5.81. The number of nitrogens with two attached hydrogens (primary N) is 1. The van der Waals surface area contributed by atoms with E-state index in [-0.39, 0.29) is 11.4 Å². The van der Waals surface area contributed by atoms with Crippen LogP contribution in [0.3, 0.4) is 0 Å². The third kappa shape index (κ3) is 2.49. The van der Waals surface area contributed by atoms with E-state index >= 15 is 0 Å². The van der Waals surface area contributed by atoms with Crippen molar-refractivity contribution in [2.75, 3.05) is 7.11 Å². The molecular weight excluding hydrogens is 192 g/mol. The lowest BCUT2D eigenvalue weighted by Crippen LogP contribution is -2.53. The van der Waals surface area contributed by atoms with E-state index in [1.54, 1.807) is 7.11 Å². The molecule has 0 bridgehead atoms. The number of carbonyl (C=O) groups is 1. The van der Waals surface area contributed by atoms with Gasteiger partial charge in [-0.1, -0.05) is 0 Å². The number of hydrogen-bond acceptors (Lipinski definition) is 3. The summed E-state index contributed by atoms with van der Waals surface area (Å²) < 4.78 is 5.16. The highest BCUT2D eigenvalue weighted by atomic mass is 16.5. The molecule has 0 atom stereocenters. The van der Waals surface area contributed by atoms with Crippen LogP contribution in [0.1, 0.15) is 38.5 Å². The lowest BCUT2D eigenvalue weighted by molar-refractivity contribution is -0.125. The maximum atomic E-state index is 11.6. The number of hydrogen-bond donors (Lipinski definition) is 2. The van der Waals surface area contributed by atoms with Crippen molar-refractivity contribution in [3.8, 4) is 0 Å². The summed E-state index contributed by atoms with van der Waals surface area (Å²) in [6.45, 7) is 0. The van der Waals surface area contributed by atoms with Gasteiger partial charge in [-0.15, -0.1) is 0 Å². The Bertz CT molecular complexity index is 245. The van der Waals surface area contributed by atoms with E-state index in [0.29, 0.717) is 18.6 Å². The number of ether oxygens (including phenoxy) is 1. The Labute approximate surface area is 90.5 Å². The fourth-order valence-electron chi connectivity index (χ4n) is 2.28. The van der Waals surface area contributed by atoms with Crippen LogP contribution in [0.2, 0.25) is 0 Å². The van der Waals surface area contributed by atoms with E-state index in [4.69, 9.17) is 10.5 Å². The molecule has 15 heavy (non-hydrogen) atoms. The normalized spacial score (nSPS) is 32.7. The number of nitrogens with one attached hydrogen (secondary N) is 1. The second kappa shape index (κ2) is 4.10. The zero-order valence-electron chi connectivity index (χ0n) is 9.29. The van der Waals surface area contributed by atoms with Crippen molar-refractivity contribution in [2.45, 2.75) is 56.2 Å². The van der Waals surface area contributed by atoms with Gasteiger partial charge in [0.05, 0.1) is 6.10 Å². The topological polar surface area (TPSA) is 64.3 Å². The van der Waals surface area contributed by atoms with E-state index in [2.05, 4.69) is 5.32 Å². The fourth-order valence-corrected chi connectivity index (χ4v) is 2.28. The highest BCUT2D eigenvalue weighted by Crippen LogP contribution is 2.32. The first kappa shape index (κ1) is 10.9. The van der Waals surface area contributed by atoms with Crippen molar-refractivity contribution in [1.82, 2.24) is 5.32 Å². The van der Waals surface area contributed by atoms with Crippen molar-refractivity contribution in [3.05, 3.63) is 0 Å². The van der Waals surface area contributed by atoms with Gasteiger partial charge in [0.25, 0.3) is 0 Å². The lowest BCUT2D eigenvalue weighted by atomic mass is 9.75. The molecule has 0 radical (unpaired) electrons. The van der Waals surface area contributed by atoms with Crippen LogP contribution in [0.4, 0.5) is 0 Å². The minimum atomic E-state index is -0.200. The summed E-state index contributed by atoms with van der Waals surface area (Å²) >= 11 is 0. The largest absolute Gasteiger partial charge is 0.381 e. The Hall–Kier alpha value is -0.610. The summed E-state index contributed by atoms with van der Waals surface area (Å²) in [6.07, 6.45) is 5.86. The Morgan fingerprint density at radius 2 is 2.20 bits per heavy atom. The molecule has 86 valence electrons. The Morgan fingerprint density at radius 3 is 2.67 bits per heavy atom. The maximum absolute atomic E-state index is 11.6. The third-order valence-corrected chi connectivity index (χ3v) is 3.66. The van der Waals surface area contributed by atoms with E-state index in [9.17, 15) is 4.79 Å².